The SMILES string of the molecule is CC(C)(C)Oc1ccc([S+](c2ccncc2)c2ccc(OC(C)(C)C)cc2)cc1.O=S(=O)(O)C(F)(F)F. The van der Waals surface area contributed by atoms with E-state index in [0.29, 0.717) is 0 Å². The Balaban J connectivity index is 0.000000521. The molecule has 1 aromatic heterocycles. The van der Waals surface area contributed by atoms with Gasteiger partial charge in [0.05, 0.1) is 10.9 Å². The van der Waals surface area contributed by atoms with Crippen LogP contribution in [0.3, 0.4) is 0 Å². The van der Waals surface area contributed by atoms with Crippen LogP contribution in [-0.4, -0.2) is 34.7 Å². The third kappa shape index (κ3) is 10.3. The molecule has 0 spiro atoms. The van der Waals surface area contributed by atoms with Crippen molar-refractivity contribution in [1.29, 1.82) is 0 Å². The van der Waals surface area contributed by atoms with Gasteiger partial charge in [0.15, 0.2) is 14.7 Å². The van der Waals surface area contributed by atoms with E-state index in [-0.39, 0.29) is 22.1 Å². The lowest BCUT2D eigenvalue weighted by Crippen LogP contribution is -2.23. The number of pyridine rings is 1. The molecule has 0 amide bonds. The van der Waals surface area contributed by atoms with E-state index in [2.05, 4.69) is 107 Å². The highest BCUT2D eigenvalue weighted by Gasteiger charge is 2.44. The zero-order chi connectivity index (χ0) is 28.1. The highest BCUT2D eigenvalue weighted by molar-refractivity contribution is 7.97. The third-order valence-electron chi connectivity index (χ3n) is 4.14. The van der Waals surface area contributed by atoms with Crippen molar-refractivity contribution in [3.63, 3.8) is 0 Å². The van der Waals surface area contributed by atoms with Crippen LogP contribution < -0.4 is 9.47 Å². The van der Waals surface area contributed by atoms with Gasteiger partial charge in [-0.1, -0.05) is 0 Å². The van der Waals surface area contributed by atoms with Gasteiger partial charge in [-0.15, -0.1) is 0 Å². The van der Waals surface area contributed by atoms with Crippen LogP contribution in [0.25, 0.3) is 0 Å². The van der Waals surface area contributed by atoms with E-state index in [0.717, 1.165) is 11.5 Å². The van der Waals surface area contributed by atoms with Crippen molar-refractivity contribution in [3.05, 3.63) is 73.1 Å². The zero-order valence-corrected chi connectivity index (χ0v) is 23.0. The molecule has 37 heavy (non-hydrogen) atoms. The predicted octanol–water partition coefficient (Wildman–Crippen LogP) is 6.93. The monoisotopic (exact) mass is 558 g/mol. The molecule has 2 aromatic carbocycles. The summed E-state index contributed by atoms with van der Waals surface area (Å²) in [5, 5.41) is 0. The van der Waals surface area contributed by atoms with Crippen LogP contribution in [0, 0.1) is 0 Å². The van der Waals surface area contributed by atoms with E-state index >= 15 is 0 Å². The molecule has 1 heterocycles. The predicted molar refractivity (Wildman–Crippen MR) is 138 cm³/mol. The van der Waals surface area contributed by atoms with Gasteiger partial charge in [0.1, 0.15) is 22.7 Å². The van der Waals surface area contributed by atoms with E-state index in [9.17, 15) is 13.2 Å². The van der Waals surface area contributed by atoms with E-state index < -0.39 is 15.6 Å². The Labute approximate surface area is 218 Å². The molecule has 0 aliphatic heterocycles. The van der Waals surface area contributed by atoms with Gasteiger partial charge in [0, 0.05) is 24.5 Å². The van der Waals surface area contributed by atoms with Gasteiger partial charge >= 0.3 is 15.6 Å². The van der Waals surface area contributed by atoms with Gasteiger partial charge in [-0.3, -0.25) is 9.54 Å². The smallest absolute Gasteiger partial charge is 0.488 e. The number of ether oxygens (including phenoxy) is 2. The minimum absolute atomic E-state index is 0.211. The van der Waals surface area contributed by atoms with Crippen LogP contribution in [0.15, 0.2) is 87.7 Å². The molecule has 0 atom stereocenters. The Morgan fingerprint density at radius 1 is 0.676 bits per heavy atom. The molecule has 0 unspecified atom stereocenters. The first-order chi connectivity index (χ1) is 16.9. The van der Waals surface area contributed by atoms with Crippen LogP contribution in [0.4, 0.5) is 13.2 Å². The van der Waals surface area contributed by atoms with Crippen molar-refractivity contribution in [1.82, 2.24) is 4.98 Å². The van der Waals surface area contributed by atoms with Crippen LogP contribution >= 0.6 is 0 Å². The van der Waals surface area contributed by atoms with Crippen LogP contribution in [-0.2, 0) is 21.0 Å². The summed E-state index contributed by atoms with van der Waals surface area (Å²) in [6.07, 6.45) is 3.70. The van der Waals surface area contributed by atoms with E-state index in [1.807, 2.05) is 12.4 Å². The summed E-state index contributed by atoms with van der Waals surface area (Å²) >= 11 is 0. The first-order valence-corrected chi connectivity index (χ1v) is 13.8. The molecule has 0 radical (unpaired) electrons. The summed E-state index contributed by atoms with van der Waals surface area (Å²) in [6.45, 7) is 12.4. The summed E-state index contributed by atoms with van der Waals surface area (Å²) in [5.41, 5.74) is -5.96. The number of aromatic nitrogens is 1. The van der Waals surface area contributed by atoms with E-state index in [4.69, 9.17) is 22.4 Å². The Bertz CT molecular complexity index is 1180. The van der Waals surface area contributed by atoms with Crippen molar-refractivity contribution in [3.8, 4) is 11.5 Å². The molecule has 6 nitrogen and oxygen atoms in total. The first kappa shape index (κ1) is 30.5. The molecular formula is C26H31F3NO5S2+. The largest absolute Gasteiger partial charge is 0.522 e. The normalized spacial score (nSPS) is 12.5. The average Bonchev–Trinajstić information content (AvgIpc) is 2.74. The molecule has 0 aliphatic rings. The third-order valence-corrected chi connectivity index (χ3v) is 6.96. The molecule has 0 saturated carbocycles. The van der Waals surface area contributed by atoms with Crippen molar-refractivity contribution in [2.45, 2.75) is 72.9 Å². The summed E-state index contributed by atoms with van der Waals surface area (Å²) in [5.74, 6) is 1.77. The lowest BCUT2D eigenvalue weighted by atomic mass is 10.2. The fourth-order valence-corrected chi connectivity index (χ4v) is 4.90. The maximum absolute atomic E-state index is 10.7. The molecule has 3 aromatic rings. The lowest BCUT2D eigenvalue weighted by molar-refractivity contribution is -0.0510. The molecule has 0 fully saturated rings. The van der Waals surface area contributed by atoms with Crippen molar-refractivity contribution < 1.29 is 35.6 Å². The standard InChI is InChI=1S/C25H30NO2S.CHF3O3S/c1-24(2,3)27-19-7-11-21(12-8-19)29(23-15-17-26-18-16-23)22-13-9-20(10-14-22)28-25(4,5)6;2-1(3,4)8(5,6)7/h7-18H,1-6H3;(H,5,6,7)/q+1;. The van der Waals surface area contributed by atoms with E-state index in [1.54, 1.807) is 0 Å². The number of hydrogen-bond acceptors (Lipinski definition) is 5. The highest BCUT2D eigenvalue weighted by atomic mass is 32.2. The zero-order valence-electron chi connectivity index (χ0n) is 21.4. The van der Waals surface area contributed by atoms with Gasteiger partial charge in [-0.25, -0.2) is 0 Å². The molecule has 3 rings (SSSR count). The maximum Gasteiger partial charge on any atom is 0.522 e. The first-order valence-electron chi connectivity index (χ1n) is 11.1. The van der Waals surface area contributed by atoms with E-state index in [1.165, 1.54) is 14.7 Å². The molecule has 202 valence electrons. The minimum Gasteiger partial charge on any atom is -0.488 e. The Hall–Kier alpha value is -2.76. The number of nitrogens with zero attached hydrogens (tertiary/aromatic N) is 1. The van der Waals surface area contributed by atoms with Gasteiger partial charge < -0.3 is 9.47 Å². The molecule has 11 heteroatoms. The van der Waals surface area contributed by atoms with Crippen molar-refractivity contribution in [2.75, 3.05) is 0 Å². The Morgan fingerprint density at radius 2 is 0.973 bits per heavy atom. The molecule has 0 saturated heterocycles. The maximum atomic E-state index is 10.7. The quantitative estimate of drug-likeness (QED) is 0.208. The summed E-state index contributed by atoms with van der Waals surface area (Å²) in [4.78, 5) is 7.89. The topological polar surface area (TPSA) is 85.7 Å². The van der Waals surface area contributed by atoms with Gasteiger partial charge in [-0.05, 0) is 90.1 Å². The van der Waals surface area contributed by atoms with Crippen LogP contribution in [0.5, 0.6) is 11.5 Å². The summed E-state index contributed by atoms with van der Waals surface area (Å²) in [6, 6.07) is 21.0. The molecule has 0 aliphatic carbocycles. The fourth-order valence-electron chi connectivity index (χ4n) is 2.88. The lowest BCUT2D eigenvalue weighted by Gasteiger charge is -2.21. The summed E-state index contributed by atoms with van der Waals surface area (Å²) in [7, 11) is -6.07. The van der Waals surface area contributed by atoms with Crippen molar-refractivity contribution in [2.24, 2.45) is 0 Å². The van der Waals surface area contributed by atoms with Gasteiger partial charge in [0.25, 0.3) is 0 Å². The average molecular weight is 559 g/mol. The molecule has 1 N–H and O–H groups in total. The number of rotatable bonds is 5. The highest BCUT2D eigenvalue weighted by Crippen LogP contribution is 2.33. The van der Waals surface area contributed by atoms with Gasteiger partial charge in [0.2, 0.25) is 0 Å². The van der Waals surface area contributed by atoms with Crippen molar-refractivity contribution >= 4 is 21.0 Å². The summed E-state index contributed by atoms with van der Waals surface area (Å²) < 4.78 is 69.5. The van der Waals surface area contributed by atoms with Crippen LogP contribution in [0.1, 0.15) is 41.5 Å². The van der Waals surface area contributed by atoms with Crippen LogP contribution in [0.2, 0.25) is 0 Å². The fraction of sp³-hybridized carbons (Fsp3) is 0.346. The number of alkyl halides is 3. The van der Waals surface area contributed by atoms with Gasteiger partial charge in [-0.2, -0.15) is 21.6 Å². The Kier molecular flexibility index (Phi) is 9.67. The molecule has 0 bridgehead atoms. The second kappa shape index (κ2) is 11.7. The second-order valence-electron chi connectivity index (χ2n) is 9.78. The minimum atomic E-state index is -5.84. The number of halogens is 3. The number of hydrogen-bond donors (Lipinski definition) is 1. The second-order valence-corrected chi connectivity index (χ2v) is 13.2. The Morgan fingerprint density at radius 3 is 1.24 bits per heavy atom. The molecular weight excluding hydrogens is 527 g/mol. The number of benzene rings is 2.